The SMILES string of the molecule is C#CCCC(CC(=O)[C@@H]1C[C@@H](OC(=O)N2CCc3ccccc3C2)CN1C(=O)[C@@H](NC(=O)NC1(CS(=O)(=O)C(C)(C)C)CCCCC1)C1(C)CCCCC1)C(=O)C(=O)CCC=C. The number of likely N-dealkylation sites (tertiary alicyclic amines) is 1. The highest BCUT2D eigenvalue weighted by atomic mass is 32.2. The van der Waals surface area contributed by atoms with Crippen molar-refractivity contribution in [2.24, 2.45) is 11.3 Å². The van der Waals surface area contributed by atoms with Gasteiger partial charge in [-0.15, -0.1) is 18.9 Å². The number of carbonyl (C=O) groups excluding carboxylic acids is 6. The first-order valence-electron chi connectivity index (χ1n) is 22.6. The van der Waals surface area contributed by atoms with E-state index in [2.05, 4.69) is 23.1 Å². The summed E-state index contributed by atoms with van der Waals surface area (Å²) in [5, 5.41) is 6.06. The van der Waals surface area contributed by atoms with Gasteiger partial charge in [0.15, 0.2) is 21.4 Å². The fourth-order valence-corrected chi connectivity index (χ4v) is 11.2. The van der Waals surface area contributed by atoms with Crippen molar-refractivity contribution in [1.82, 2.24) is 20.4 Å². The minimum Gasteiger partial charge on any atom is -0.444 e. The fourth-order valence-electron chi connectivity index (χ4n) is 9.72. The summed E-state index contributed by atoms with van der Waals surface area (Å²) >= 11 is 0. The first-order chi connectivity index (χ1) is 29.3. The molecule has 4 aliphatic rings. The average Bonchev–Trinajstić information content (AvgIpc) is 3.66. The molecule has 340 valence electrons. The summed E-state index contributed by atoms with van der Waals surface area (Å²) in [4.78, 5) is 87.1. The molecule has 5 rings (SSSR count). The van der Waals surface area contributed by atoms with Gasteiger partial charge in [-0.1, -0.05) is 75.8 Å². The number of benzene rings is 1. The van der Waals surface area contributed by atoms with Gasteiger partial charge in [-0.3, -0.25) is 19.2 Å². The Morgan fingerprint density at radius 2 is 1.65 bits per heavy atom. The lowest BCUT2D eigenvalue weighted by Crippen LogP contribution is -2.64. The van der Waals surface area contributed by atoms with Crippen molar-refractivity contribution in [2.45, 2.75) is 172 Å². The molecule has 3 fully saturated rings. The van der Waals surface area contributed by atoms with Crippen molar-refractivity contribution in [1.29, 1.82) is 0 Å². The zero-order valence-corrected chi connectivity index (χ0v) is 38.1. The largest absolute Gasteiger partial charge is 0.444 e. The lowest BCUT2D eigenvalue weighted by molar-refractivity contribution is -0.144. The number of ether oxygens (including phenoxy) is 1. The van der Waals surface area contributed by atoms with E-state index in [4.69, 9.17) is 11.2 Å². The summed E-state index contributed by atoms with van der Waals surface area (Å²) in [5.41, 5.74) is 0.409. The van der Waals surface area contributed by atoms with Crippen molar-refractivity contribution in [3.05, 3.63) is 48.0 Å². The van der Waals surface area contributed by atoms with Crippen LogP contribution in [0.25, 0.3) is 0 Å². The second-order valence-electron chi connectivity index (χ2n) is 19.4. The maximum atomic E-state index is 15.2. The quantitative estimate of drug-likeness (QED) is 0.0969. The number of nitrogens with zero attached hydrogens (tertiary/aromatic N) is 2. The van der Waals surface area contributed by atoms with E-state index in [-0.39, 0.29) is 44.4 Å². The molecule has 0 spiro atoms. The fraction of sp³-hybridized carbons (Fsp3) is 0.667. The Labute approximate surface area is 368 Å². The van der Waals surface area contributed by atoms with Crippen LogP contribution < -0.4 is 10.6 Å². The maximum Gasteiger partial charge on any atom is 0.410 e. The van der Waals surface area contributed by atoms with E-state index in [0.29, 0.717) is 51.6 Å². The maximum absolute atomic E-state index is 15.2. The van der Waals surface area contributed by atoms with Gasteiger partial charge < -0.3 is 25.2 Å². The molecular formula is C48H68N4O9S. The van der Waals surface area contributed by atoms with Crippen molar-refractivity contribution >= 4 is 45.2 Å². The van der Waals surface area contributed by atoms with Gasteiger partial charge >= 0.3 is 12.1 Å². The lowest BCUT2D eigenvalue weighted by Gasteiger charge is -2.44. The van der Waals surface area contributed by atoms with Crippen LogP contribution in [0.4, 0.5) is 9.59 Å². The van der Waals surface area contributed by atoms with Gasteiger partial charge in [0.1, 0.15) is 12.1 Å². The number of rotatable bonds is 17. The number of carbonyl (C=O) groups is 6. The Kier molecular flexibility index (Phi) is 16.3. The first kappa shape index (κ1) is 48.5. The van der Waals surface area contributed by atoms with Crippen molar-refractivity contribution in [3.63, 3.8) is 0 Å². The molecule has 62 heavy (non-hydrogen) atoms. The smallest absolute Gasteiger partial charge is 0.410 e. The normalized spacial score (nSPS) is 21.9. The second kappa shape index (κ2) is 20.8. The van der Waals surface area contributed by atoms with Crippen molar-refractivity contribution in [2.75, 3.05) is 18.8 Å². The van der Waals surface area contributed by atoms with Gasteiger partial charge in [-0.05, 0) is 82.3 Å². The number of fused-ring (bicyclic) bond motifs is 1. The number of sulfone groups is 1. The van der Waals surface area contributed by atoms with Crippen molar-refractivity contribution < 1.29 is 41.9 Å². The molecule has 1 aromatic carbocycles. The van der Waals surface area contributed by atoms with Gasteiger partial charge in [0.2, 0.25) is 11.7 Å². The Hall–Kier alpha value is -4.51. The standard InChI is InChI=1S/C48H68N4O9S/c1-7-9-19-35(41(55)39(53)22-10-8-2)29-40(54)38-30-37(61-45(58)51-28-23-34-20-13-14-21-36(34)31-51)32-52(38)43(56)42(47(6)24-15-11-16-25-47)49-44(57)50-48(26-17-12-18-27-48)33-62(59,60)46(3,4)5/h1,8,13-14,20-21,35,37-38,42H,2,9-12,15-19,22-33H2,3-6H3,(H2,49,50,57)/t35?,37-,38+,42-/m1/s1. The van der Waals surface area contributed by atoms with Crippen LogP contribution in [0.15, 0.2) is 36.9 Å². The number of nitrogens with one attached hydrogen (secondary N) is 2. The van der Waals surface area contributed by atoms with Crippen LogP contribution in [0.5, 0.6) is 0 Å². The summed E-state index contributed by atoms with van der Waals surface area (Å²) in [7, 11) is -3.64. The summed E-state index contributed by atoms with van der Waals surface area (Å²) in [6.45, 7) is 11.2. The molecule has 2 aliphatic heterocycles. The third-order valence-corrected chi connectivity index (χ3v) is 16.5. The highest BCUT2D eigenvalue weighted by Crippen LogP contribution is 2.41. The molecule has 1 saturated heterocycles. The average molecular weight is 877 g/mol. The van der Waals surface area contributed by atoms with Crippen LogP contribution in [0, 0.1) is 23.7 Å². The Morgan fingerprint density at radius 3 is 2.27 bits per heavy atom. The number of hydrogen-bond donors (Lipinski definition) is 2. The van der Waals surface area contributed by atoms with Crippen LogP contribution in [-0.4, -0.2) is 101 Å². The van der Waals surface area contributed by atoms with E-state index in [1.165, 1.54) is 4.90 Å². The lowest BCUT2D eigenvalue weighted by atomic mass is 9.70. The van der Waals surface area contributed by atoms with Gasteiger partial charge in [0, 0.05) is 44.7 Å². The van der Waals surface area contributed by atoms with Gasteiger partial charge in [0.25, 0.3) is 0 Å². The Balaban J connectivity index is 1.44. The molecule has 4 atom stereocenters. The van der Waals surface area contributed by atoms with Gasteiger partial charge in [-0.2, -0.15) is 0 Å². The molecule has 0 radical (unpaired) electrons. The zero-order chi connectivity index (χ0) is 45.3. The Bertz CT molecular complexity index is 1990. The summed E-state index contributed by atoms with van der Waals surface area (Å²) < 4.78 is 32.2. The number of terminal acetylenes is 1. The number of Topliss-reactive ketones (excluding diaryl/α,β-unsaturated/α-hetero) is 3. The topological polar surface area (TPSA) is 176 Å². The molecule has 14 heteroatoms. The molecule has 13 nitrogen and oxygen atoms in total. The van der Waals surface area contributed by atoms with E-state index < -0.39 is 85.0 Å². The van der Waals surface area contributed by atoms with E-state index in [1.54, 1.807) is 31.7 Å². The molecule has 2 heterocycles. The van der Waals surface area contributed by atoms with E-state index in [1.807, 2.05) is 31.2 Å². The Morgan fingerprint density at radius 1 is 1.00 bits per heavy atom. The third kappa shape index (κ3) is 11.9. The van der Waals surface area contributed by atoms with Crippen LogP contribution in [-0.2, 0) is 46.7 Å². The van der Waals surface area contributed by atoms with Crippen LogP contribution >= 0.6 is 0 Å². The second-order valence-corrected chi connectivity index (χ2v) is 22.1. The molecule has 0 aromatic heterocycles. The predicted molar refractivity (Wildman–Crippen MR) is 238 cm³/mol. The molecule has 4 amide bonds. The minimum absolute atomic E-state index is 0.0371. The molecular weight excluding hydrogens is 809 g/mol. The summed E-state index contributed by atoms with van der Waals surface area (Å²) in [6, 6.07) is 4.96. The predicted octanol–water partition coefficient (Wildman–Crippen LogP) is 6.80. The summed E-state index contributed by atoms with van der Waals surface area (Å²) in [5.74, 6) is -1.06. The molecule has 0 bridgehead atoms. The molecule has 2 aliphatic carbocycles. The van der Waals surface area contributed by atoms with E-state index >= 15 is 4.79 Å². The molecule has 1 aromatic rings. The van der Waals surface area contributed by atoms with Crippen molar-refractivity contribution in [3.8, 4) is 12.3 Å². The molecule has 2 saturated carbocycles. The number of ketones is 3. The van der Waals surface area contributed by atoms with Gasteiger partial charge in [0.05, 0.1) is 28.6 Å². The highest BCUT2D eigenvalue weighted by molar-refractivity contribution is 7.92. The monoisotopic (exact) mass is 876 g/mol. The molecule has 2 N–H and O–H groups in total. The number of allylic oxidation sites excluding steroid dienone is 1. The first-order valence-corrected chi connectivity index (χ1v) is 24.2. The minimum atomic E-state index is -3.64. The number of amides is 4. The number of urea groups is 1. The highest BCUT2D eigenvalue weighted by Gasteiger charge is 2.50. The van der Waals surface area contributed by atoms with E-state index in [0.717, 1.165) is 49.7 Å². The van der Waals surface area contributed by atoms with Crippen LogP contribution in [0.1, 0.15) is 142 Å². The van der Waals surface area contributed by atoms with Crippen LogP contribution in [0.2, 0.25) is 0 Å². The number of hydrogen-bond acceptors (Lipinski definition) is 9. The third-order valence-electron chi connectivity index (χ3n) is 13.7. The molecule has 1 unspecified atom stereocenters. The zero-order valence-electron chi connectivity index (χ0n) is 37.3. The van der Waals surface area contributed by atoms with Crippen LogP contribution in [0.3, 0.4) is 0 Å². The summed E-state index contributed by atoms with van der Waals surface area (Å²) in [6.07, 6.45) is 13.6. The van der Waals surface area contributed by atoms with E-state index in [9.17, 15) is 32.4 Å². The van der Waals surface area contributed by atoms with Gasteiger partial charge in [-0.25, -0.2) is 18.0 Å².